The summed E-state index contributed by atoms with van der Waals surface area (Å²) in [7, 11) is 1.64. The van der Waals surface area contributed by atoms with Crippen LogP contribution in [0.2, 0.25) is 0 Å². The lowest BCUT2D eigenvalue weighted by Gasteiger charge is -2.31. The van der Waals surface area contributed by atoms with Gasteiger partial charge in [-0.15, -0.1) is 0 Å². The second-order valence-electron chi connectivity index (χ2n) is 10.7. The zero-order chi connectivity index (χ0) is 29.4. The zero-order valence-electron chi connectivity index (χ0n) is 24.1. The third-order valence-electron chi connectivity index (χ3n) is 7.26. The highest BCUT2D eigenvalue weighted by Gasteiger charge is 2.57. The average Bonchev–Trinajstić information content (AvgIpc) is 3.49. The van der Waals surface area contributed by atoms with Crippen LogP contribution in [0.5, 0.6) is 5.75 Å². The van der Waals surface area contributed by atoms with E-state index in [1.807, 2.05) is 92.7 Å². The summed E-state index contributed by atoms with van der Waals surface area (Å²) in [6.07, 6.45) is -2.54. The van der Waals surface area contributed by atoms with Gasteiger partial charge in [-0.3, -0.25) is 0 Å². The van der Waals surface area contributed by atoms with E-state index in [-0.39, 0.29) is 19.8 Å². The first-order chi connectivity index (χ1) is 20.5. The molecule has 0 unspecified atom stereocenters. The summed E-state index contributed by atoms with van der Waals surface area (Å²) in [6, 6.07) is 25.4. The van der Waals surface area contributed by atoms with Crippen molar-refractivity contribution in [3.63, 3.8) is 0 Å². The minimum atomic E-state index is -0.796. The van der Waals surface area contributed by atoms with Gasteiger partial charge in [0.15, 0.2) is 12.1 Å². The van der Waals surface area contributed by atoms with Gasteiger partial charge in [0.2, 0.25) is 0 Å². The maximum Gasteiger partial charge on any atom is 0.190 e. The molecule has 3 aromatic rings. The Bertz CT molecular complexity index is 1330. The normalized spacial score (nSPS) is 23.2. The largest absolute Gasteiger partial charge is 0.497 e. The summed E-state index contributed by atoms with van der Waals surface area (Å²) in [4.78, 5) is 2.90. The minimum absolute atomic E-state index is 0.234. The van der Waals surface area contributed by atoms with Gasteiger partial charge in [0.1, 0.15) is 30.2 Å². The highest BCUT2D eigenvalue weighted by atomic mass is 16.8. The second kappa shape index (κ2) is 14.1. The van der Waals surface area contributed by atoms with Gasteiger partial charge < -0.3 is 33.2 Å². The first-order valence-corrected chi connectivity index (χ1v) is 14.0. The quantitative estimate of drug-likeness (QED) is 0.130. The smallest absolute Gasteiger partial charge is 0.190 e. The predicted octanol–water partition coefficient (Wildman–Crippen LogP) is 6.07. The van der Waals surface area contributed by atoms with Crippen molar-refractivity contribution < 1.29 is 33.2 Å². The third kappa shape index (κ3) is 7.67. The van der Waals surface area contributed by atoms with E-state index in [2.05, 4.69) is 10.0 Å². The van der Waals surface area contributed by atoms with Gasteiger partial charge >= 0.3 is 0 Å². The molecule has 0 bridgehead atoms. The first kappa shape index (κ1) is 30.0. The van der Waals surface area contributed by atoms with E-state index in [1.54, 1.807) is 7.11 Å². The van der Waals surface area contributed by atoms with Crippen LogP contribution < -0.4 is 4.74 Å². The van der Waals surface area contributed by atoms with Gasteiger partial charge in [-0.2, -0.15) is 0 Å². The van der Waals surface area contributed by atoms with Crippen LogP contribution >= 0.6 is 0 Å². The Morgan fingerprint density at radius 3 is 2.33 bits per heavy atom. The molecule has 2 saturated heterocycles. The van der Waals surface area contributed by atoms with Gasteiger partial charge in [-0.25, -0.2) is 0 Å². The standard InChI is InChI=1S/C32H37N3O7/c1-32(2)41-30-29(39-19-22-9-5-4-6-10-22)28(40-31(30)42-32)27(21-37-18-23-13-15-26(36-3)16-14-23)38-20-25-12-8-7-11-24(25)17-34-35-33/h4-16,27-31H,17-21H2,1-3H3/t27-,28-,29+,30-,31-/m1/s1. The molecular formula is C32H37N3O7. The van der Waals surface area contributed by atoms with E-state index in [4.69, 9.17) is 38.7 Å². The van der Waals surface area contributed by atoms with Gasteiger partial charge in [0.25, 0.3) is 0 Å². The molecule has 5 rings (SSSR count). The summed E-state index contributed by atoms with van der Waals surface area (Å²) in [5.41, 5.74) is 12.7. The molecule has 5 atom stereocenters. The van der Waals surface area contributed by atoms with Gasteiger partial charge in [-0.05, 0) is 53.8 Å². The fourth-order valence-electron chi connectivity index (χ4n) is 5.17. The lowest BCUT2D eigenvalue weighted by atomic mass is 10.0. The summed E-state index contributed by atoms with van der Waals surface area (Å²) in [5, 5.41) is 3.73. The molecule has 222 valence electrons. The number of fused-ring (bicyclic) bond motifs is 1. The number of nitrogens with zero attached hydrogens (tertiary/aromatic N) is 3. The molecule has 2 fully saturated rings. The number of ether oxygens (including phenoxy) is 7. The van der Waals surface area contributed by atoms with Crippen molar-refractivity contribution in [1.82, 2.24) is 0 Å². The zero-order valence-corrected chi connectivity index (χ0v) is 24.1. The van der Waals surface area contributed by atoms with Crippen LogP contribution in [-0.4, -0.2) is 50.2 Å². The molecule has 2 aliphatic rings. The molecule has 0 N–H and O–H groups in total. The minimum Gasteiger partial charge on any atom is -0.497 e. The molecule has 2 heterocycles. The lowest BCUT2D eigenvalue weighted by Crippen LogP contribution is -2.45. The fourth-order valence-corrected chi connectivity index (χ4v) is 5.17. The van der Waals surface area contributed by atoms with Crippen molar-refractivity contribution in [2.45, 2.75) is 76.7 Å². The highest BCUT2D eigenvalue weighted by Crippen LogP contribution is 2.40. The van der Waals surface area contributed by atoms with Gasteiger partial charge in [-0.1, -0.05) is 71.8 Å². The van der Waals surface area contributed by atoms with Crippen molar-refractivity contribution in [3.05, 3.63) is 112 Å². The van der Waals surface area contributed by atoms with E-state index in [9.17, 15) is 0 Å². The maximum absolute atomic E-state index is 8.83. The molecule has 42 heavy (non-hydrogen) atoms. The van der Waals surface area contributed by atoms with Crippen LogP contribution in [0.4, 0.5) is 0 Å². The van der Waals surface area contributed by atoms with E-state index < -0.39 is 36.5 Å². The van der Waals surface area contributed by atoms with E-state index in [0.717, 1.165) is 28.0 Å². The summed E-state index contributed by atoms with van der Waals surface area (Å²) in [5.74, 6) is -0.0117. The Morgan fingerprint density at radius 1 is 0.881 bits per heavy atom. The number of methoxy groups -OCH3 is 1. The van der Waals surface area contributed by atoms with Crippen molar-refractivity contribution in [2.24, 2.45) is 5.11 Å². The number of rotatable bonds is 14. The van der Waals surface area contributed by atoms with Crippen LogP contribution in [0.3, 0.4) is 0 Å². The van der Waals surface area contributed by atoms with Crippen molar-refractivity contribution in [1.29, 1.82) is 0 Å². The van der Waals surface area contributed by atoms with Crippen LogP contribution in [0.1, 0.15) is 36.1 Å². The molecule has 0 radical (unpaired) electrons. The van der Waals surface area contributed by atoms with Crippen LogP contribution in [0, 0.1) is 0 Å². The highest BCUT2D eigenvalue weighted by molar-refractivity contribution is 5.27. The molecule has 0 saturated carbocycles. The molecule has 3 aromatic carbocycles. The SMILES string of the molecule is COc1ccc(COC[C@@H](OCc2ccccc2CN=[N+]=[N-])[C@H]2O[C@@H]3OC(C)(C)O[C@@H]3[C@H]2OCc2ccccc2)cc1. The maximum atomic E-state index is 8.83. The van der Waals surface area contributed by atoms with Gasteiger partial charge in [0.05, 0.1) is 40.1 Å². The Balaban J connectivity index is 1.34. The van der Waals surface area contributed by atoms with Gasteiger partial charge in [0, 0.05) is 4.91 Å². The Labute approximate surface area is 246 Å². The monoisotopic (exact) mass is 575 g/mol. The Morgan fingerprint density at radius 2 is 1.60 bits per heavy atom. The second-order valence-corrected chi connectivity index (χ2v) is 10.7. The van der Waals surface area contributed by atoms with Crippen molar-refractivity contribution in [2.75, 3.05) is 13.7 Å². The summed E-state index contributed by atoms with van der Waals surface area (Å²) >= 11 is 0. The third-order valence-corrected chi connectivity index (χ3v) is 7.26. The van der Waals surface area contributed by atoms with Crippen molar-refractivity contribution >= 4 is 0 Å². The Kier molecular flexibility index (Phi) is 10.1. The van der Waals surface area contributed by atoms with E-state index in [1.165, 1.54) is 0 Å². The predicted molar refractivity (Wildman–Crippen MR) is 154 cm³/mol. The fraction of sp³-hybridized carbons (Fsp3) is 0.438. The molecule has 0 amide bonds. The molecule has 10 nitrogen and oxygen atoms in total. The molecule has 10 heteroatoms. The summed E-state index contributed by atoms with van der Waals surface area (Å²) < 4.78 is 43.2. The average molecular weight is 576 g/mol. The molecule has 2 aliphatic heterocycles. The van der Waals surface area contributed by atoms with Crippen LogP contribution in [-0.2, 0) is 54.8 Å². The first-order valence-electron chi connectivity index (χ1n) is 14.0. The van der Waals surface area contributed by atoms with Crippen LogP contribution in [0.15, 0.2) is 84.0 Å². The molecular weight excluding hydrogens is 538 g/mol. The number of hydrogen-bond acceptors (Lipinski definition) is 8. The van der Waals surface area contributed by atoms with E-state index >= 15 is 0 Å². The molecule has 0 spiro atoms. The number of benzene rings is 3. The number of azide groups is 1. The lowest BCUT2D eigenvalue weighted by molar-refractivity contribution is -0.238. The topological polar surface area (TPSA) is 113 Å². The summed E-state index contributed by atoms with van der Waals surface area (Å²) in [6.45, 7) is 5.23. The van der Waals surface area contributed by atoms with Crippen LogP contribution in [0.25, 0.3) is 10.4 Å². The van der Waals surface area contributed by atoms with E-state index in [0.29, 0.717) is 13.2 Å². The molecule has 0 aromatic heterocycles. The number of hydrogen-bond donors (Lipinski definition) is 0. The van der Waals surface area contributed by atoms with Crippen molar-refractivity contribution in [3.8, 4) is 5.75 Å². The Hall–Kier alpha value is -3.47. The molecule has 0 aliphatic carbocycles.